The van der Waals surface area contributed by atoms with E-state index in [4.69, 9.17) is 10.9 Å². The number of nitrogens with zero attached hydrogens (tertiary/aromatic N) is 6. The first-order valence-electron chi connectivity index (χ1n) is 13.9. The third-order valence-corrected chi connectivity index (χ3v) is 8.35. The number of nitrogens with one attached hydrogen (secondary N) is 2. The van der Waals surface area contributed by atoms with Crippen LogP contribution in [0.25, 0.3) is 10.9 Å². The van der Waals surface area contributed by atoms with Gasteiger partial charge in [-0.05, 0) is 75.7 Å². The number of benzene rings is 2. The molecule has 4 rings (SSSR count). The molecule has 2 aromatic carbocycles. The number of carbonyl (C=O) groups is 3. The van der Waals surface area contributed by atoms with E-state index in [1.165, 1.54) is 31.3 Å². The Morgan fingerprint density at radius 2 is 1.78 bits per heavy atom. The maximum Gasteiger partial charge on any atom is 0.329 e. The van der Waals surface area contributed by atoms with Gasteiger partial charge < -0.3 is 21.3 Å². The fourth-order valence-corrected chi connectivity index (χ4v) is 5.48. The number of aryl methyl sites for hydroxylation is 3. The quantitative estimate of drug-likeness (QED) is 0.187. The predicted octanol–water partition coefficient (Wildman–Crippen LogP) is 1.67. The molecule has 0 aliphatic carbocycles. The number of hydrogen-bond acceptors (Lipinski definition) is 10. The molecule has 4 aromatic rings. The van der Waals surface area contributed by atoms with E-state index in [0.717, 1.165) is 27.2 Å². The fraction of sp³-hybridized carbons (Fsp3) is 0.310. The highest BCUT2D eigenvalue weighted by Crippen LogP contribution is 2.30. The number of primary sulfonamides is 1. The van der Waals surface area contributed by atoms with Gasteiger partial charge in [-0.25, -0.2) is 28.2 Å². The summed E-state index contributed by atoms with van der Waals surface area (Å²) in [5.41, 5.74) is 8.56. The molecule has 0 aliphatic rings. The Labute approximate surface area is 260 Å². The van der Waals surface area contributed by atoms with Crippen molar-refractivity contribution in [1.82, 2.24) is 30.4 Å². The van der Waals surface area contributed by atoms with Crippen LogP contribution in [-0.4, -0.2) is 72.1 Å². The van der Waals surface area contributed by atoms with Crippen molar-refractivity contribution in [2.75, 3.05) is 29.9 Å². The molecule has 6 N–H and O–H groups in total. The van der Waals surface area contributed by atoms with Gasteiger partial charge in [-0.2, -0.15) is 10.1 Å². The van der Waals surface area contributed by atoms with E-state index in [0.29, 0.717) is 11.4 Å². The van der Waals surface area contributed by atoms with Gasteiger partial charge in [-0.3, -0.25) is 14.3 Å². The van der Waals surface area contributed by atoms with Gasteiger partial charge in [0.15, 0.2) is 5.78 Å². The van der Waals surface area contributed by atoms with Crippen molar-refractivity contribution in [3.8, 4) is 0 Å². The number of sulfonamides is 1. The van der Waals surface area contributed by atoms with Crippen LogP contribution >= 0.6 is 0 Å². The zero-order valence-electron chi connectivity index (χ0n) is 25.6. The second kappa shape index (κ2) is 13.4. The van der Waals surface area contributed by atoms with Crippen molar-refractivity contribution in [3.05, 3.63) is 59.9 Å². The first kappa shape index (κ1) is 33.0. The van der Waals surface area contributed by atoms with Gasteiger partial charge in [-0.1, -0.05) is 6.07 Å². The van der Waals surface area contributed by atoms with Gasteiger partial charge in [0.2, 0.25) is 21.9 Å². The summed E-state index contributed by atoms with van der Waals surface area (Å²) in [4.78, 5) is 49.6. The Kier molecular flexibility index (Phi) is 9.80. The number of urea groups is 1. The Hall–Kier alpha value is -4.93. The second-order valence-electron chi connectivity index (χ2n) is 10.5. The lowest BCUT2D eigenvalue weighted by atomic mass is 10.1. The number of Topliss-reactive ketones (excluding diaryl/α,β-unsaturated/α-hetero) is 1. The lowest BCUT2D eigenvalue weighted by molar-refractivity contribution is -0.126. The van der Waals surface area contributed by atoms with Crippen LogP contribution in [0.15, 0.2) is 53.6 Å². The molecule has 0 spiro atoms. The average molecular weight is 637 g/mol. The van der Waals surface area contributed by atoms with E-state index >= 15 is 0 Å². The molecule has 3 amide bonds. The summed E-state index contributed by atoms with van der Waals surface area (Å²) in [5, 5.41) is 16.0. The van der Waals surface area contributed by atoms with E-state index < -0.39 is 34.5 Å². The van der Waals surface area contributed by atoms with E-state index in [1.54, 1.807) is 29.6 Å². The summed E-state index contributed by atoms with van der Waals surface area (Å²) >= 11 is 0. The van der Waals surface area contributed by atoms with Gasteiger partial charge >= 0.3 is 6.03 Å². The number of hydrogen-bond donors (Lipinski definition) is 4. The number of anilines is 4. The number of fused-ring (bicyclic) bond motifs is 1. The first-order chi connectivity index (χ1) is 21.2. The minimum Gasteiger partial charge on any atom is -0.345 e. The van der Waals surface area contributed by atoms with Crippen LogP contribution in [0.1, 0.15) is 24.6 Å². The van der Waals surface area contributed by atoms with Gasteiger partial charge in [-0.15, -0.1) is 0 Å². The molecule has 16 heteroatoms. The van der Waals surface area contributed by atoms with Crippen molar-refractivity contribution < 1.29 is 22.8 Å². The molecule has 238 valence electrons. The van der Waals surface area contributed by atoms with Crippen molar-refractivity contribution in [3.63, 3.8) is 0 Å². The number of rotatable bonds is 11. The van der Waals surface area contributed by atoms with Crippen LogP contribution in [0.5, 0.6) is 0 Å². The maximum absolute atomic E-state index is 13.6. The van der Waals surface area contributed by atoms with Crippen LogP contribution in [0.4, 0.5) is 27.9 Å². The van der Waals surface area contributed by atoms with Crippen LogP contribution in [0, 0.1) is 13.8 Å². The molecule has 0 fully saturated rings. The molecule has 0 saturated carbocycles. The first-order valence-corrected chi connectivity index (χ1v) is 15.5. The molecule has 15 nitrogen and oxygen atoms in total. The largest absolute Gasteiger partial charge is 0.345 e. The fourth-order valence-electron chi connectivity index (χ4n) is 4.68. The minimum atomic E-state index is -4.15. The zero-order valence-corrected chi connectivity index (χ0v) is 26.4. The third kappa shape index (κ3) is 7.42. The van der Waals surface area contributed by atoms with Gasteiger partial charge in [0.25, 0.3) is 0 Å². The maximum atomic E-state index is 13.6. The summed E-state index contributed by atoms with van der Waals surface area (Å²) < 4.78 is 26.4. The normalized spacial score (nSPS) is 12.1. The molecular weight excluding hydrogens is 600 g/mol. The Bertz CT molecular complexity index is 1870. The topological polar surface area (TPSA) is 212 Å². The number of nitrogens with two attached hydrogens (primary N) is 2. The van der Waals surface area contributed by atoms with Crippen molar-refractivity contribution >= 4 is 61.8 Å². The average Bonchev–Trinajstić information content (AvgIpc) is 3.28. The minimum absolute atomic E-state index is 0.0810. The standard InChI is InChI=1S/C29H36N10O5S/c1-17-6-7-21(15-25(17)45(31,43)44)39(29(42)33-16-27(41)34-23(10-12-30)19(3)40)28-32-13-11-26(35-28)37(4)20-8-9-22-18(2)38(5)36-24(22)14-20/h6-9,11,13-15,23H,10,12,16,30H2,1-5H3,(H,33,42)(H,34,41)(H2,31,43,44)/t23-/m0/s1. The van der Waals surface area contributed by atoms with Crippen LogP contribution < -0.4 is 31.3 Å². The van der Waals surface area contributed by atoms with Gasteiger partial charge in [0.05, 0.1) is 28.7 Å². The molecule has 0 bridgehead atoms. The van der Waals surface area contributed by atoms with E-state index in [2.05, 4.69) is 25.7 Å². The molecule has 45 heavy (non-hydrogen) atoms. The lowest BCUT2D eigenvalue weighted by Gasteiger charge is -2.24. The highest BCUT2D eigenvalue weighted by atomic mass is 32.2. The Balaban J connectivity index is 1.69. The Morgan fingerprint density at radius 1 is 1.07 bits per heavy atom. The SMILES string of the molecule is CC(=O)[C@H](CCN)NC(=O)CNC(=O)N(c1ccc(C)c(S(N)(=O)=O)c1)c1nccc(N(C)c2ccc3c(C)n(C)nc3c2)n1. The smallest absolute Gasteiger partial charge is 0.329 e. The Morgan fingerprint density at radius 3 is 2.44 bits per heavy atom. The van der Waals surface area contributed by atoms with E-state index in [1.807, 2.05) is 32.2 Å². The van der Waals surface area contributed by atoms with Gasteiger partial charge in [0.1, 0.15) is 5.82 Å². The number of aromatic nitrogens is 4. The number of carbonyl (C=O) groups excluding carboxylic acids is 3. The van der Waals surface area contributed by atoms with Crippen LogP contribution in [0.3, 0.4) is 0 Å². The molecule has 0 radical (unpaired) electrons. The monoisotopic (exact) mass is 636 g/mol. The second-order valence-corrected chi connectivity index (χ2v) is 12.0. The zero-order chi connectivity index (χ0) is 33.1. The van der Waals surface area contributed by atoms with Crippen LogP contribution in [-0.2, 0) is 26.7 Å². The molecule has 0 saturated heterocycles. The van der Waals surface area contributed by atoms with Gasteiger partial charge in [0, 0.05) is 37.1 Å². The lowest BCUT2D eigenvalue weighted by Crippen LogP contribution is -2.47. The molecule has 2 aromatic heterocycles. The predicted molar refractivity (Wildman–Crippen MR) is 170 cm³/mol. The highest BCUT2D eigenvalue weighted by Gasteiger charge is 2.25. The van der Waals surface area contributed by atoms with Crippen molar-refractivity contribution in [2.45, 2.75) is 38.1 Å². The summed E-state index contributed by atoms with van der Waals surface area (Å²) in [6, 6.07) is 10.0. The number of ketones is 1. The number of amides is 3. The molecule has 0 aliphatic heterocycles. The summed E-state index contributed by atoms with van der Waals surface area (Å²) in [7, 11) is -0.493. The highest BCUT2D eigenvalue weighted by molar-refractivity contribution is 7.89. The molecule has 2 heterocycles. The third-order valence-electron chi connectivity index (χ3n) is 7.29. The molecule has 1 atom stereocenters. The van der Waals surface area contributed by atoms with Crippen molar-refractivity contribution in [1.29, 1.82) is 0 Å². The molecule has 0 unspecified atom stereocenters. The van der Waals surface area contributed by atoms with E-state index in [-0.39, 0.29) is 35.3 Å². The van der Waals surface area contributed by atoms with Crippen LogP contribution in [0.2, 0.25) is 0 Å². The van der Waals surface area contributed by atoms with E-state index in [9.17, 15) is 22.8 Å². The molecular formula is C29H36N10O5S. The summed E-state index contributed by atoms with van der Waals surface area (Å²) in [6.45, 7) is 4.56. The summed E-state index contributed by atoms with van der Waals surface area (Å²) in [6.07, 6.45) is 1.69. The summed E-state index contributed by atoms with van der Waals surface area (Å²) in [5.74, 6) is -0.599. The van der Waals surface area contributed by atoms with Crippen molar-refractivity contribution in [2.24, 2.45) is 17.9 Å².